The van der Waals surface area contributed by atoms with E-state index in [9.17, 15) is 20.3 Å². The number of nitro groups is 1. The van der Waals surface area contributed by atoms with Crippen LogP contribution in [-0.2, 0) is 0 Å². The maximum Gasteiger partial charge on any atom is 0.269 e. The molecule has 1 aromatic rings. The highest BCUT2D eigenvalue weighted by Crippen LogP contribution is 2.18. The second kappa shape index (κ2) is 6.10. The van der Waals surface area contributed by atoms with Gasteiger partial charge in [-0.25, -0.2) is 0 Å². The lowest BCUT2D eigenvalue weighted by Crippen LogP contribution is -2.49. The van der Waals surface area contributed by atoms with E-state index in [4.69, 9.17) is 0 Å². The van der Waals surface area contributed by atoms with Gasteiger partial charge in [-0.3, -0.25) is 10.1 Å². The minimum absolute atomic E-state index is 0.00628. The molecule has 0 aromatic heterocycles. The van der Waals surface area contributed by atoms with Gasteiger partial charge in [-0.2, -0.15) is 0 Å². The summed E-state index contributed by atoms with van der Waals surface area (Å²) in [7, 11) is 0. The summed E-state index contributed by atoms with van der Waals surface area (Å²) in [5.74, 6) is 0. The van der Waals surface area contributed by atoms with Gasteiger partial charge in [0.15, 0.2) is 0 Å². The number of aliphatic hydroxyl groups excluding tert-OH is 2. The van der Waals surface area contributed by atoms with Crippen LogP contribution in [0.25, 0.3) is 0 Å². The predicted molar refractivity (Wildman–Crippen MR) is 71.8 cm³/mol. The Bertz CT molecular complexity index is 429. The number of hydrogen-bond donors (Lipinski definition) is 3. The fraction of sp³-hybridized carbons (Fsp3) is 0.538. The summed E-state index contributed by atoms with van der Waals surface area (Å²) >= 11 is 0. The predicted octanol–water partition coefficient (Wildman–Crippen LogP) is 1.38. The molecule has 1 rings (SSSR count). The summed E-state index contributed by atoms with van der Waals surface area (Å²) in [5.41, 5.74) is 0.0783. The first-order valence-electron chi connectivity index (χ1n) is 6.09. The van der Waals surface area contributed by atoms with Crippen LogP contribution in [-0.4, -0.2) is 33.3 Å². The zero-order valence-corrected chi connectivity index (χ0v) is 11.3. The maximum absolute atomic E-state index is 10.5. The summed E-state index contributed by atoms with van der Waals surface area (Å²) in [6.45, 7) is 5.60. The van der Waals surface area contributed by atoms with E-state index in [1.54, 1.807) is 6.92 Å². The molecule has 0 aliphatic rings. The first-order chi connectivity index (χ1) is 8.74. The second-order valence-electron chi connectivity index (χ2n) is 5.14. The lowest BCUT2D eigenvalue weighted by molar-refractivity contribution is -0.384. The van der Waals surface area contributed by atoms with Crippen molar-refractivity contribution in [2.75, 3.05) is 6.54 Å². The molecule has 0 amide bonds. The average molecular weight is 268 g/mol. The third-order valence-electron chi connectivity index (χ3n) is 3.28. The fourth-order valence-corrected chi connectivity index (χ4v) is 1.44. The van der Waals surface area contributed by atoms with Crippen molar-refractivity contribution in [1.29, 1.82) is 0 Å². The first kappa shape index (κ1) is 15.6. The van der Waals surface area contributed by atoms with Gasteiger partial charge >= 0.3 is 0 Å². The molecule has 0 saturated heterocycles. The molecule has 0 heterocycles. The molecule has 0 spiro atoms. The molecular weight excluding hydrogens is 248 g/mol. The molecule has 0 radical (unpaired) electrons. The van der Waals surface area contributed by atoms with Gasteiger partial charge in [-0.1, -0.05) is 0 Å². The highest BCUT2D eigenvalue weighted by Gasteiger charge is 2.24. The van der Waals surface area contributed by atoms with E-state index < -0.39 is 22.7 Å². The Morgan fingerprint density at radius 1 is 1.32 bits per heavy atom. The van der Waals surface area contributed by atoms with Gasteiger partial charge in [-0.15, -0.1) is 0 Å². The molecule has 3 N–H and O–H groups in total. The van der Waals surface area contributed by atoms with Crippen molar-refractivity contribution in [3.63, 3.8) is 0 Å². The van der Waals surface area contributed by atoms with Gasteiger partial charge in [-0.05, 0) is 38.5 Å². The number of nitrogens with one attached hydrogen (secondary N) is 1. The van der Waals surface area contributed by atoms with E-state index in [1.165, 1.54) is 24.3 Å². The Morgan fingerprint density at radius 2 is 1.84 bits per heavy atom. The Hall–Kier alpha value is -1.50. The van der Waals surface area contributed by atoms with Crippen LogP contribution < -0.4 is 5.32 Å². The van der Waals surface area contributed by atoms with Crippen LogP contribution in [0.5, 0.6) is 0 Å². The van der Waals surface area contributed by atoms with E-state index in [2.05, 4.69) is 5.32 Å². The van der Waals surface area contributed by atoms with Gasteiger partial charge in [0.25, 0.3) is 5.69 Å². The number of nitrogens with zero attached hydrogens (tertiary/aromatic N) is 1. The summed E-state index contributed by atoms with van der Waals surface area (Å²) in [6.07, 6.45) is -1.34. The van der Waals surface area contributed by atoms with E-state index in [0.717, 1.165) is 0 Å². The Morgan fingerprint density at radius 3 is 2.26 bits per heavy atom. The van der Waals surface area contributed by atoms with Crippen molar-refractivity contribution in [2.45, 2.75) is 38.5 Å². The third-order valence-corrected chi connectivity index (χ3v) is 3.28. The van der Waals surface area contributed by atoms with Crippen LogP contribution in [0.1, 0.15) is 32.4 Å². The van der Waals surface area contributed by atoms with Crippen molar-refractivity contribution in [2.24, 2.45) is 0 Å². The lowest BCUT2D eigenvalue weighted by Gasteiger charge is -2.30. The smallest absolute Gasteiger partial charge is 0.269 e. The topological polar surface area (TPSA) is 95.6 Å². The third kappa shape index (κ3) is 4.27. The molecule has 2 unspecified atom stereocenters. The number of aliphatic hydroxyl groups is 2. The van der Waals surface area contributed by atoms with Crippen molar-refractivity contribution in [1.82, 2.24) is 5.32 Å². The Labute approximate surface area is 112 Å². The zero-order valence-electron chi connectivity index (χ0n) is 11.3. The summed E-state index contributed by atoms with van der Waals surface area (Å²) in [6, 6.07) is 5.77. The fourth-order valence-electron chi connectivity index (χ4n) is 1.44. The van der Waals surface area contributed by atoms with Crippen LogP contribution in [0.2, 0.25) is 0 Å². The zero-order chi connectivity index (χ0) is 14.6. The molecule has 2 atom stereocenters. The highest BCUT2D eigenvalue weighted by molar-refractivity contribution is 5.33. The standard InChI is InChI=1S/C13H20N2O4/c1-9(16)13(2,3)14-8-12(17)10-4-6-11(7-5-10)15(18)19/h4-7,9,12,14,16-17H,8H2,1-3H3. The molecule has 0 saturated carbocycles. The van der Waals surface area contributed by atoms with Gasteiger partial charge in [0.1, 0.15) is 0 Å². The van der Waals surface area contributed by atoms with Crippen LogP contribution in [0, 0.1) is 10.1 Å². The largest absolute Gasteiger partial charge is 0.392 e. The van der Waals surface area contributed by atoms with Crippen LogP contribution in [0.4, 0.5) is 5.69 Å². The number of benzene rings is 1. The molecule has 19 heavy (non-hydrogen) atoms. The van der Waals surface area contributed by atoms with Crippen molar-refractivity contribution in [3.8, 4) is 0 Å². The lowest BCUT2D eigenvalue weighted by atomic mass is 9.98. The van der Waals surface area contributed by atoms with E-state index in [-0.39, 0.29) is 12.2 Å². The minimum Gasteiger partial charge on any atom is -0.392 e. The number of hydrogen-bond acceptors (Lipinski definition) is 5. The molecule has 6 nitrogen and oxygen atoms in total. The van der Waals surface area contributed by atoms with E-state index in [0.29, 0.717) is 5.56 Å². The van der Waals surface area contributed by atoms with Gasteiger partial charge in [0.2, 0.25) is 0 Å². The monoisotopic (exact) mass is 268 g/mol. The van der Waals surface area contributed by atoms with Crippen molar-refractivity contribution >= 4 is 5.69 Å². The summed E-state index contributed by atoms with van der Waals surface area (Å²) in [5, 5.41) is 33.1. The van der Waals surface area contributed by atoms with Gasteiger partial charge < -0.3 is 15.5 Å². The number of nitro benzene ring substituents is 1. The molecular formula is C13H20N2O4. The number of β-amino-alcohol motifs (C(OH)–C–C–N with tert-alkyl or cyclic N) is 1. The molecule has 1 aromatic carbocycles. The molecule has 106 valence electrons. The van der Waals surface area contributed by atoms with Crippen molar-refractivity contribution in [3.05, 3.63) is 39.9 Å². The van der Waals surface area contributed by atoms with Gasteiger partial charge in [0, 0.05) is 24.2 Å². The number of non-ortho nitro benzene ring substituents is 1. The van der Waals surface area contributed by atoms with Crippen molar-refractivity contribution < 1.29 is 15.1 Å². The Balaban J connectivity index is 2.63. The van der Waals surface area contributed by atoms with Crippen LogP contribution in [0.15, 0.2) is 24.3 Å². The quantitative estimate of drug-likeness (QED) is 0.535. The molecule has 0 aliphatic carbocycles. The highest BCUT2D eigenvalue weighted by atomic mass is 16.6. The normalized spacial score (nSPS) is 15.0. The van der Waals surface area contributed by atoms with E-state index in [1.807, 2.05) is 13.8 Å². The van der Waals surface area contributed by atoms with Crippen LogP contribution in [0.3, 0.4) is 0 Å². The molecule has 0 aliphatic heterocycles. The maximum atomic E-state index is 10.5. The Kier molecular flexibility index (Phi) is 4.99. The molecule has 0 bridgehead atoms. The SMILES string of the molecule is CC(O)C(C)(C)NCC(O)c1ccc([N+](=O)[O-])cc1. The number of rotatable bonds is 6. The summed E-state index contributed by atoms with van der Waals surface area (Å²) in [4.78, 5) is 10.0. The molecule has 6 heteroatoms. The second-order valence-corrected chi connectivity index (χ2v) is 5.14. The first-order valence-corrected chi connectivity index (χ1v) is 6.09. The average Bonchev–Trinajstić information content (AvgIpc) is 2.36. The minimum atomic E-state index is -0.779. The summed E-state index contributed by atoms with van der Waals surface area (Å²) < 4.78 is 0. The van der Waals surface area contributed by atoms with Crippen LogP contribution >= 0.6 is 0 Å². The van der Waals surface area contributed by atoms with Gasteiger partial charge in [0.05, 0.1) is 17.1 Å². The molecule has 0 fully saturated rings. The van der Waals surface area contributed by atoms with E-state index >= 15 is 0 Å².